The van der Waals surface area contributed by atoms with Crippen LogP contribution in [0.2, 0.25) is 0 Å². The highest BCUT2D eigenvalue weighted by Crippen LogP contribution is 2.14. The number of carbonyl (C=O) groups excluding carboxylic acids is 1. The van der Waals surface area contributed by atoms with Gasteiger partial charge < -0.3 is 14.0 Å². The van der Waals surface area contributed by atoms with E-state index in [-0.39, 0.29) is 12.5 Å². The fraction of sp³-hybridized carbons (Fsp3) is 0.353. The van der Waals surface area contributed by atoms with Crippen molar-refractivity contribution in [3.05, 3.63) is 48.6 Å². The Hall–Kier alpha value is -3.03. The maximum atomic E-state index is 12.3. The molecular weight excluding hydrogens is 320 g/mol. The molecule has 0 saturated carbocycles. The summed E-state index contributed by atoms with van der Waals surface area (Å²) in [4.78, 5) is 26.4. The first-order valence-electron chi connectivity index (χ1n) is 8.14. The SMILES string of the molecule is CCc1nccn1CCC(=O)N(C)Cc1nc(-c2ccncc2)no1. The molecule has 0 bridgehead atoms. The van der Waals surface area contributed by atoms with E-state index >= 15 is 0 Å². The Kier molecular flexibility index (Phi) is 5.17. The standard InChI is InChI=1S/C17H20N6O2/c1-3-14-19-9-11-23(14)10-6-16(24)22(2)12-15-20-17(21-25-15)13-4-7-18-8-5-13/h4-5,7-9,11H,3,6,10,12H2,1-2H3. The highest BCUT2D eigenvalue weighted by Gasteiger charge is 2.15. The molecule has 3 aromatic rings. The molecule has 8 nitrogen and oxygen atoms in total. The Morgan fingerprint density at radius 2 is 2.08 bits per heavy atom. The van der Waals surface area contributed by atoms with Crippen molar-refractivity contribution < 1.29 is 9.32 Å². The first kappa shape index (κ1) is 16.8. The van der Waals surface area contributed by atoms with Crippen LogP contribution < -0.4 is 0 Å². The maximum absolute atomic E-state index is 12.3. The molecule has 3 heterocycles. The summed E-state index contributed by atoms with van der Waals surface area (Å²) in [7, 11) is 1.73. The van der Waals surface area contributed by atoms with Gasteiger partial charge in [0.25, 0.3) is 0 Å². The van der Waals surface area contributed by atoms with Crippen LogP contribution in [0, 0.1) is 0 Å². The van der Waals surface area contributed by atoms with Gasteiger partial charge in [0.05, 0.1) is 6.54 Å². The van der Waals surface area contributed by atoms with Crippen molar-refractivity contribution >= 4 is 5.91 Å². The Morgan fingerprint density at radius 1 is 1.28 bits per heavy atom. The normalized spacial score (nSPS) is 10.8. The zero-order valence-corrected chi connectivity index (χ0v) is 14.3. The second-order valence-electron chi connectivity index (χ2n) is 5.64. The molecule has 1 amide bonds. The van der Waals surface area contributed by atoms with Gasteiger partial charge in [-0.15, -0.1) is 0 Å². The number of aryl methyl sites for hydroxylation is 2. The van der Waals surface area contributed by atoms with Crippen LogP contribution in [-0.2, 0) is 24.3 Å². The first-order valence-corrected chi connectivity index (χ1v) is 8.14. The van der Waals surface area contributed by atoms with Crippen molar-refractivity contribution in [3.8, 4) is 11.4 Å². The summed E-state index contributed by atoms with van der Waals surface area (Å²) in [5.74, 6) is 1.89. The number of hydrogen-bond acceptors (Lipinski definition) is 6. The van der Waals surface area contributed by atoms with Crippen LogP contribution in [0.1, 0.15) is 25.1 Å². The lowest BCUT2D eigenvalue weighted by atomic mass is 10.2. The molecule has 0 unspecified atom stereocenters. The molecule has 0 fully saturated rings. The number of nitrogens with zero attached hydrogens (tertiary/aromatic N) is 6. The second kappa shape index (κ2) is 7.69. The van der Waals surface area contributed by atoms with Gasteiger partial charge in [0.15, 0.2) is 0 Å². The van der Waals surface area contributed by atoms with E-state index in [1.165, 1.54) is 0 Å². The molecule has 0 aromatic carbocycles. The quantitative estimate of drug-likeness (QED) is 0.653. The fourth-order valence-corrected chi connectivity index (χ4v) is 2.49. The molecule has 0 atom stereocenters. The van der Waals surface area contributed by atoms with E-state index in [0.29, 0.717) is 24.7 Å². The van der Waals surface area contributed by atoms with Gasteiger partial charge in [-0.1, -0.05) is 12.1 Å². The zero-order chi connectivity index (χ0) is 17.6. The van der Waals surface area contributed by atoms with Crippen LogP contribution in [0.4, 0.5) is 0 Å². The van der Waals surface area contributed by atoms with Crippen molar-refractivity contribution in [2.75, 3.05) is 7.05 Å². The number of imidazole rings is 1. The Balaban J connectivity index is 1.56. The number of rotatable bonds is 7. The summed E-state index contributed by atoms with van der Waals surface area (Å²) in [6.07, 6.45) is 8.22. The minimum Gasteiger partial charge on any atom is -0.337 e. The molecule has 3 rings (SSSR count). The van der Waals surface area contributed by atoms with E-state index in [1.807, 2.05) is 17.7 Å². The molecular formula is C17H20N6O2. The molecule has 8 heteroatoms. The summed E-state index contributed by atoms with van der Waals surface area (Å²) in [5, 5.41) is 3.94. The average molecular weight is 340 g/mol. The van der Waals surface area contributed by atoms with Crippen LogP contribution in [0.3, 0.4) is 0 Å². The lowest BCUT2D eigenvalue weighted by molar-refractivity contribution is -0.131. The van der Waals surface area contributed by atoms with Crippen LogP contribution >= 0.6 is 0 Å². The van der Waals surface area contributed by atoms with Gasteiger partial charge in [0.2, 0.25) is 17.6 Å². The maximum Gasteiger partial charge on any atom is 0.246 e. The van der Waals surface area contributed by atoms with E-state index in [0.717, 1.165) is 17.8 Å². The highest BCUT2D eigenvalue weighted by molar-refractivity contribution is 5.75. The zero-order valence-electron chi connectivity index (χ0n) is 14.3. The van der Waals surface area contributed by atoms with Crippen LogP contribution in [-0.4, -0.2) is 42.5 Å². The van der Waals surface area contributed by atoms with Crippen molar-refractivity contribution in [2.24, 2.45) is 0 Å². The Bertz CT molecular complexity index is 827. The lowest BCUT2D eigenvalue weighted by Crippen LogP contribution is -2.27. The summed E-state index contributed by atoms with van der Waals surface area (Å²) in [6.45, 7) is 2.93. The molecule has 130 valence electrons. The van der Waals surface area contributed by atoms with Crippen molar-refractivity contribution in [3.63, 3.8) is 0 Å². The number of amides is 1. The Labute approximate surface area is 145 Å². The molecule has 0 spiro atoms. The molecule has 0 N–H and O–H groups in total. The number of aromatic nitrogens is 5. The van der Waals surface area contributed by atoms with E-state index in [2.05, 4.69) is 20.1 Å². The van der Waals surface area contributed by atoms with Gasteiger partial charge >= 0.3 is 0 Å². The third-order valence-electron chi connectivity index (χ3n) is 3.89. The highest BCUT2D eigenvalue weighted by atomic mass is 16.5. The third-order valence-corrected chi connectivity index (χ3v) is 3.89. The van der Waals surface area contributed by atoms with Gasteiger partial charge in [0, 0.05) is 56.8 Å². The summed E-state index contributed by atoms with van der Waals surface area (Å²) < 4.78 is 7.24. The average Bonchev–Trinajstić information content (AvgIpc) is 3.29. The summed E-state index contributed by atoms with van der Waals surface area (Å²) in [6, 6.07) is 3.61. The molecule has 25 heavy (non-hydrogen) atoms. The van der Waals surface area contributed by atoms with Crippen LogP contribution in [0.15, 0.2) is 41.4 Å². The van der Waals surface area contributed by atoms with Crippen LogP contribution in [0.25, 0.3) is 11.4 Å². The van der Waals surface area contributed by atoms with Crippen molar-refractivity contribution in [1.29, 1.82) is 0 Å². The van der Waals surface area contributed by atoms with Gasteiger partial charge in [-0.2, -0.15) is 4.98 Å². The van der Waals surface area contributed by atoms with Gasteiger partial charge in [0.1, 0.15) is 5.82 Å². The van der Waals surface area contributed by atoms with Crippen molar-refractivity contribution in [1.82, 2.24) is 29.6 Å². The molecule has 0 aliphatic rings. The first-order chi connectivity index (χ1) is 12.2. The minimum atomic E-state index is 0.0133. The van der Waals surface area contributed by atoms with Crippen molar-refractivity contribution in [2.45, 2.75) is 32.9 Å². The molecule has 3 aromatic heterocycles. The van der Waals surface area contributed by atoms with E-state index < -0.39 is 0 Å². The van der Waals surface area contributed by atoms with Crippen LogP contribution in [0.5, 0.6) is 0 Å². The minimum absolute atomic E-state index is 0.0133. The lowest BCUT2D eigenvalue weighted by Gasteiger charge is -2.15. The monoisotopic (exact) mass is 340 g/mol. The molecule has 0 radical (unpaired) electrons. The fourth-order valence-electron chi connectivity index (χ4n) is 2.49. The molecule has 0 saturated heterocycles. The second-order valence-corrected chi connectivity index (χ2v) is 5.64. The topological polar surface area (TPSA) is 89.9 Å². The summed E-state index contributed by atoms with van der Waals surface area (Å²) >= 11 is 0. The molecule has 0 aliphatic carbocycles. The van der Waals surface area contributed by atoms with Gasteiger partial charge in [-0.05, 0) is 12.1 Å². The largest absolute Gasteiger partial charge is 0.337 e. The predicted octanol–water partition coefficient (Wildman–Crippen LogP) is 1.94. The number of pyridine rings is 1. The molecule has 0 aliphatic heterocycles. The van der Waals surface area contributed by atoms with Gasteiger partial charge in [-0.3, -0.25) is 9.78 Å². The van der Waals surface area contributed by atoms with E-state index in [4.69, 9.17) is 4.52 Å². The smallest absolute Gasteiger partial charge is 0.246 e. The Morgan fingerprint density at radius 3 is 2.84 bits per heavy atom. The predicted molar refractivity (Wildman–Crippen MR) is 90.2 cm³/mol. The third kappa shape index (κ3) is 4.09. The summed E-state index contributed by atoms with van der Waals surface area (Å²) in [5.41, 5.74) is 0.825. The number of carbonyl (C=O) groups is 1. The number of hydrogen-bond donors (Lipinski definition) is 0. The van der Waals surface area contributed by atoms with E-state index in [9.17, 15) is 4.79 Å². The van der Waals surface area contributed by atoms with Gasteiger partial charge in [-0.25, -0.2) is 4.98 Å². The van der Waals surface area contributed by atoms with E-state index in [1.54, 1.807) is 42.7 Å².